The van der Waals surface area contributed by atoms with Crippen LogP contribution in [0.3, 0.4) is 0 Å². The number of rotatable bonds is 10. The molecule has 20 heteroatoms. The number of piperidine rings is 2. The topological polar surface area (TPSA) is 178 Å². The number of nitrogens with zero attached hydrogens (tertiary/aromatic N) is 12. The highest BCUT2D eigenvalue weighted by atomic mass is 35.5. The zero-order valence-corrected chi connectivity index (χ0v) is 40.0. The highest BCUT2D eigenvalue weighted by Crippen LogP contribution is 2.39. The summed E-state index contributed by atoms with van der Waals surface area (Å²) in [5.74, 6) is 3.51. The maximum absolute atomic E-state index is 9.70. The van der Waals surface area contributed by atoms with Crippen molar-refractivity contribution in [3.63, 3.8) is 0 Å². The Morgan fingerprint density at radius 2 is 0.941 bits per heavy atom. The molecule has 18 nitrogen and oxygen atoms in total. The number of aromatic nitrogens is 8. The molecule has 10 heterocycles. The number of benzene rings is 2. The standard InChI is InChI=1S/2C24H29ClN6O3/c2*1-33-24-27-22(30-12-18(32)13-30)10-23(28-24)31-21-9-19(20(25)8-16(21)11-26-31)15-2-5-29(6-3-15)17-4-7-34-14-17/h2*8-11,15,17-18,32H,2-7,12-14H2,1H3. The van der Waals surface area contributed by atoms with Crippen molar-refractivity contribution >= 4 is 56.6 Å². The molecule has 0 saturated carbocycles. The molecule has 2 aromatic carbocycles. The molecule has 2 atom stereocenters. The second-order valence-corrected chi connectivity index (χ2v) is 19.7. The Morgan fingerprint density at radius 1 is 0.544 bits per heavy atom. The number of halogens is 2. The zero-order valence-electron chi connectivity index (χ0n) is 38.5. The molecule has 360 valence electrons. The van der Waals surface area contributed by atoms with Gasteiger partial charge in [0, 0.05) is 84.4 Å². The van der Waals surface area contributed by atoms with E-state index in [1.807, 2.05) is 55.8 Å². The van der Waals surface area contributed by atoms with Crippen LogP contribution in [-0.2, 0) is 9.47 Å². The van der Waals surface area contributed by atoms with Crippen LogP contribution in [0.2, 0.25) is 10.0 Å². The first kappa shape index (κ1) is 45.5. The van der Waals surface area contributed by atoms with Crippen molar-refractivity contribution in [3.8, 4) is 23.7 Å². The molecule has 0 radical (unpaired) electrons. The summed E-state index contributed by atoms with van der Waals surface area (Å²) in [6.07, 6.45) is 9.58. The average molecular weight is 970 g/mol. The molecule has 0 aliphatic carbocycles. The second-order valence-electron chi connectivity index (χ2n) is 18.9. The molecule has 0 amide bonds. The molecule has 68 heavy (non-hydrogen) atoms. The first-order valence-corrected chi connectivity index (χ1v) is 24.6. The van der Waals surface area contributed by atoms with Gasteiger partial charge < -0.3 is 39.0 Å². The lowest BCUT2D eigenvalue weighted by molar-refractivity contribution is 0.122. The number of aliphatic hydroxyl groups excluding tert-OH is 2. The van der Waals surface area contributed by atoms with Gasteiger partial charge in [-0.2, -0.15) is 30.1 Å². The van der Waals surface area contributed by atoms with Gasteiger partial charge in [0.05, 0.1) is 63.1 Å². The van der Waals surface area contributed by atoms with Gasteiger partial charge in [0.1, 0.15) is 11.6 Å². The quantitative estimate of drug-likeness (QED) is 0.182. The van der Waals surface area contributed by atoms with Crippen LogP contribution in [-0.4, -0.2) is 177 Å². The van der Waals surface area contributed by atoms with E-state index in [4.69, 9.17) is 42.1 Å². The predicted molar refractivity (Wildman–Crippen MR) is 258 cm³/mol. The summed E-state index contributed by atoms with van der Waals surface area (Å²) in [6.45, 7) is 9.94. The third kappa shape index (κ3) is 9.17. The molecule has 0 spiro atoms. The molecule has 2 N–H and O–H groups in total. The third-order valence-corrected chi connectivity index (χ3v) is 15.3. The fourth-order valence-electron chi connectivity index (χ4n) is 10.7. The van der Waals surface area contributed by atoms with Gasteiger partial charge in [-0.25, -0.2) is 9.36 Å². The number of ether oxygens (including phenoxy) is 4. The van der Waals surface area contributed by atoms with Crippen LogP contribution < -0.4 is 19.3 Å². The Kier molecular flexibility index (Phi) is 13.0. The minimum absolute atomic E-state index is 0.273. The van der Waals surface area contributed by atoms with Gasteiger partial charge in [-0.3, -0.25) is 9.80 Å². The summed E-state index contributed by atoms with van der Waals surface area (Å²) in [4.78, 5) is 27.1. The Morgan fingerprint density at radius 3 is 1.29 bits per heavy atom. The predicted octanol–water partition coefficient (Wildman–Crippen LogP) is 5.25. The smallest absolute Gasteiger partial charge is 0.320 e. The normalized spacial score (nSPS) is 22.4. The van der Waals surface area contributed by atoms with E-state index in [0.717, 1.165) is 123 Å². The number of fused-ring (bicyclic) bond motifs is 2. The van der Waals surface area contributed by atoms with Crippen molar-refractivity contribution in [1.29, 1.82) is 0 Å². The summed E-state index contributed by atoms with van der Waals surface area (Å²) in [6, 6.07) is 13.8. The number of aliphatic hydroxyl groups is 2. The van der Waals surface area contributed by atoms with Gasteiger partial charge in [-0.05, 0) is 112 Å². The summed E-state index contributed by atoms with van der Waals surface area (Å²) < 4.78 is 25.5. The number of hydrogen-bond donors (Lipinski definition) is 2. The van der Waals surface area contributed by atoms with E-state index in [1.54, 1.807) is 14.2 Å². The lowest BCUT2D eigenvalue weighted by Crippen LogP contribution is -2.51. The van der Waals surface area contributed by atoms with Crippen LogP contribution >= 0.6 is 23.2 Å². The van der Waals surface area contributed by atoms with Crippen molar-refractivity contribution < 1.29 is 29.2 Å². The number of anilines is 2. The van der Waals surface area contributed by atoms with Gasteiger partial charge in [-0.1, -0.05) is 23.2 Å². The van der Waals surface area contributed by atoms with Crippen LogP contribution in [0.4, 0.5) is 11.6 Å². The molecule has 6 fully saturated rings. The largest absolute Gasteiger partial charge is 0.467 e. The first-order chi connectivity index (χ1) is 33.2. The Bertz CT molecular complexity index is 2550. The van der Waals surface area contributed by atoms with E-state index >= 15 is 0 Å². The van der Waals surface area contributed by atoms with E-state index in [0.29, 0.717) is 73.4 Å². The second kappa shape index (κ2) is 19.5. The van der Waals surface area contributed by atoms with Gasteiger partial charge >= 0.3 is 12.0 Å². The number of likely N-dealkylation sites (tertiary alicyclic amines) is 2. The summed E-state index contributed by atoms with van der Waals surface area (Å²) >= 11 is 13.5. The van der Waals surface area contributed by atoms with E-state index < -0.39 is 0 Å². The van der Waals surface area contributed by atoms with Crippen molar-refractivity contribution in [2.75, 3.05) is 103 Å². The number of β-amino-alcohol motifs (C(OH)–C–C–N with tert-alkyl or cyclic N) is 2. The summed E-state index contributed by atoms with van der Waals surface area (Å²) in [5, 5.41) is 32.2. The Labute approximate surface area is 404 Å². The monoisotopic (exact) mass is 968 g/mol. The molecule has 4 aromatic heterocycles. The zero-order chi connectivity index (χ0) is 46.5. The molecule has 0 bridgehead atoms. The molecule has 12 rings (SSSR count). The van der Waals surface area contributed by atoms with Gasteiger partial charge in [0.15, 0.2) is 11.6 Å². The van der Waals surface area contributed by atoms with Gasteiger partial charge in [0.25, 0.3) is 0 Å². The van der Waals surface area contributed by atoms with Crippen LogP contribution in [0, 0.1) is 0 Å². The SMILES string of the molecule is COc1nc(N2CC(O)C2)cc(-n2ncc3cc(Cl)c(C4CCN(C5CCOC5)CC4)cc32)n1.COc1nc(N2CC(O)C2)cc(-n2ncc3cc(Cl)c(C4CCN(C5CCOC5)CC4)cc32)n1. The van der Waals surface area contributed by atoms with Crippen LogP contribution in [0.5, 0.6) is 12.0 Å². The molecule has 6 saturated heterocycles. The van der Waals surface area contributed by atoms with Crippen LogP contribution in [0.25, 0.3) is 33.4 Å². The lowest BCUT2D eigenvalue weighted by Gasteiger charge is -2.36. The van der Waals surface area contributed by atoms with Gasteiger partial charge in [-0.15, -0.1) is 0 Å². The number of hydrogen-bond acceptors (Lipinski definition) is 16. The molecular weight excluding hydrogens is 912 g/mol. The van der Waals surface area contributed by atoms with E-state index in [1.165, 1.54) is 11.1 Å². The Hall–Kier alpha value is -4.92. The highest BCUT2D eigenvalue weighted by molar-refractivity contribution is 6.32. The summed E-state index contributed by atoms with van der Waals surface area (Å²) in [5.41, 5.74) is 4.26. The first-order valence-electron chi connectivity index (χ1n) is 23.9. The van der Waals surface area contributed by atoms with E-state index in [2.05, 4.69) is 52.1 Å². The molecule has 6 aliphatic heterocycles. The van der Waals surface area contributed by atoms with Crippen molar-refractivity contribution in [2.45, 2.75) is 74.7 Å². The lowest BCUT2D eigenvalue weighted by atomic mass is 9.88. The highest BCUT2D eigenvalue weighted by Gasteiger charge is 2.33. The molecule has 6 aliphatic rings. The minimum atomic E-state index is -0.327. The molecule has 6 aromatic rings. The number of methoxy groups -OCH3 is 2. The maximum atomic E-state index is 9.70. The van der Waals surface area contributed by atoms with E-state index in [-0.39, 0.29) is 24.2 Å². The van der Waals surface area contributed by atoms with E-state index in [9.17, 15) is 10.2 Å². The Balaban J connectivity index is 0.000000149. The summed E-state index contributed by atoms with van der Waals surface area (Å²) in [7, 11) is 3.11. The fraction of sp³-hybridized carbons (Fsp3) is 0.542. The van der Waals surface area contributed by atoms with Crippen molar-refractivity contribution in [2.24, 2.45) is 0 Å². The third-order valence-electron chi connectivity index (χ3n) is 14.7. The maximum Gasteiger partial charge on any atom is 0.320 e. The molecule has 2 unspecified atom stereocenters. The molecular formula is C48H58Cl2N12O6. The van der Waals surface area contributed by atoms with Crippen LogP contribution in [0.1, 0.15) is 61.5 Å². The average Bonchev–Trinajstić information content (AvgIpc) is 4.20. The van der Waals surface area contributed by atoms with Crippen molar-refractivity contribution in [1.82, 2.24) is 49.3 Å². The van der Waals surface area contributed by atoms with Crippen molar-refractivity contribution in [3.05, 3.63) is 70.0 Å². The van der Waals surface area contributed by atoms with Gasteiger partial charge in [0.2, 0.25) is 0 Å². The van der Waals surface area contributed by atoms with Crippen LogP contribution in [0.15, 0.2) is 48.8 Å². The fourth-order valence-corrected chi connectivity index (χ4v) is 11.4. The minimum Gasteiger partial charge on any atom is -0.467 e.